The van der Waals surface area contributed by atoms with E-state index < -0.39 is 22.7 Å². The predicted molar refractivity (Wildman–Crippen MR) is 102 cm³/mol. The van der Waals surface area contributed by atoms with Crippen LogP contribution in [0.5, 0.6) is 0 Å². The van der Waals surface area contributed by atoms with Gasteiger partial charge in [-0.1, -0.05) is 12.1 Å². The number of hydrogen-bond acceptors (Lipinski definition) is 5. The van der Waals surface area contributed by atoms with E-state index in [-0.39, 0.29) is 5.69 Å². The molecular weight excluding hydrogens is 391 g/mol. The Morgan fingerprint density at radius 2 is 1.50 bits per heavy atom. The topological polar surface area (TPSA) is 78.9 Å². The minimum Gasteiger partial charge on any atom is -0.340 e. The van der Waals surface area contributed by atoms with Crippen molar-refractivity contribution in [3.8, 4) is 0 Å². The van der Waals surface area contributed by atoms with Crippen LogP contribution in [0.25, 0.3) is 0 Å². The van der Waals surface area contributed by atoms with Crippen LogP contribution in [-0.2, 0) is 17.2 Å². The van der Waals surface area contributed by atoms with Crippen molar-refractivity contribution in [1.29, 1.82) is 0 Å². The lowest BCUT2D eigenvalue weighted by molar-refractivity contribution is -0.137. The summed E-state index contributed by atoms with van der Waals surface area (Å²) in [6.07, 6.45) is -3.14. The summed E-state index contributed by atoms with van der Waals surface area (Å²) in [4.78, 5) is 8.71. The first-order valence-electron chi connectivity index (χ1n) is 8.08. The van der Waals surface area contributed by atoms with Gasteiger partial charge in [0.25, 0.3) is 0 Å². The fourth-order valence-corrected chi connectivity index (χ4v) is 3.04. The van der Waals surface area contributed by atoms with E-state index in [1.54, 1.807) is 37.4 Å². The van der Waals surface area contributed by atoms with E-state index in [1.807, 2.05) is 0 Å². The van der Waals surface area contributed by atoms with Crippen LogP contribution in [-0.4, -0.2) is 21.2 Å². The third-order valence-electron chi connectivity index (χ3n) is 3.64. The van der Waals surface area contributed by atoms with Crippen LogP contribution >= 0.6 is 0 Å². The van der Waals surface area contributed by atoms with Crippen LogP contribution in [0.1, 0.15) is 5.56 Å². The van der Waals surface area contributed by atoms with E-state index in [4.69, 9.17) is 0 Å². The van der Waals surface area contributed by atoms with Crippen molar-refractivity contribution in [3.63, 3.8) is 0 Å². The van der Waals surface area contributed by atoms with Crippen molar-refractivity contribution in [2.75, 3.05) is 17.7 Å². The number of aromatic nitrogens is 2. The average Bonchev–Trinajstić information content (AvgIpc) is 2.67. The molecule has 0 fully saturated rings. The van der Waals surface area contributed by atoms with Crippen molar-refractivity contribution >= 4 is 34.0 Å². The van der Waals surface area contributed by atoms with E-state index in [0.717, 1.165) is 12.1 Å². The quantitative estimate of drug-likeness (QED) is 0.570. The second-order valence-electron chi connectivity index (χ2n) is 5.62. The third kappa shape index (κ3) is 5.05. The molecule has 0 aliphatic carbocycles. The van der Waals surface area contributed by atoms with Crippen molar-refractivity contribution in [2.24, 2.45) is 0 Å². The fraction of sp³-hybridized carbons (Fsp3) is 0.111. The van der Waals surface area contributed by atoms with E-state index in [1.165, 1.54) is 18.5 Å². The highest BCUT2D eigenvalue weighted by Gasteiger charge is 2.30. The summed E-state index contributed by atoms with van der Waals surface area (Å²) in [5, 5.41) is 5.88. The molecule has 3 N–H and O–H groups in total. The Morgan fingerprint density at radius 3 is 2.11 bits per heavy atom. The molecule has 1 atom stereocenters. The number of anilines is 4. The molecule has 1 aromatic heterocycles. The summed E-state index contributed by atoms with van der Waals surface area (Å²) in [6, 6.07) is 13.3. The van der Waals surface area contributed by atoms with Gasteiger partial charge >= 0.3 is 6.18 Å². The molecule has 1 heterocycles. The number of halogens is 3. The highest BCUT2D eigenvalue weighted by molar-refractivity contribution is 7.83. The molecule has 0 saturated carbocycles. The van der Waals surface area contributed by atoms with Crippen LogP contribution in [0.3, 0.4) is 0 Å². The summed E-state index contributed by atoms with van der Waals surface area (Å²) in [7, 11) is 0.263. The molecule has 0 spiro atoms. The Morgan fingerprint density at radius 1 is 0.893 bits per heavy atom. The van der Waals surface area contributed by atoms with Gasteiger partial charge in [-0.15, -0.1) is 0 Å². The molecular formula is C18H16F3N5OS. The van der Waals surface area contributed by atoms with Gasteiger partial charge in [-0.3, -0.25) is 0 Å². The third-order valence-corrected chi connectivity index (χ3v) is 4.69. The standard InChI is InChI=1S/C18H16F3N5OS/c1-22-28(27)15-7-3-6-14(9-15)26-17-10-16(23-11-24-17)25-13-5-2-4-12(8-13)18(19,20)21/h2-11,22H,1H3,(H2,23,24,25,26). The average molecular weight is 407 g/mol. The molecule has 3 aromatic rings. The maximum Gasteiger partial charge on any atom is 0.416 e. The molecule has 0 aliphatic rings. The number of rotatable bonds is 6. The number of hydrogen-bond donors (Lipinski definition) is 3. The predicted octanol–water partition coefficient (Wildman–Crippen LogP) is 4.22. The van der Waals surface area contributed by atoms with Crippen molar-refractivity contribution in [1.82, 2.24) is 14.7 Å². The van der Waals surface area contributed by atoms with Crippen LogP contribution in [0.15, 0.2) is 65.8 Å². The number of nitrogens with zero attached hydrogens (tertiary/aromatic N) is 2. The molecule has 0 amide bonds. The molecule has 28 heavy (non-hydrogen) atoms. The summed E-state index contributed by atoms with van der Waals surface area (Å²) >= 11 is 0. The van der Waals surface area contributed by atoms with Gasteiger partial charge in [0.1, 0.15) is 28.9 Å². The Balaban J connectivity index is 1.77. The lowest BCUT2D eigenvalue weighted by atomic mass is 10.2. The number of benzene rings is 2. The Bertz CT molecular complexity index is 997. The van der Waals surface area contributed by atoms with Crippen LogP contribution in [0.4, 0.5) is 36.2 Å². The zero-order chi connectivity index (χ0) is 20.1. The van der Waals surface area contributed by atoms with Crippen LogP contribution in [0, 0.1) is 0 Å². The highest BCUT2D eigenvalue weighted by Crippen LogP contribution is 2.31. The number of alkyl halides is 3. The van der Waals surface area contributed by atoms with E-state index in [9.17, 15) is 17.4 Å². The molecule has 0 saturated heterocycles. The van der Waals surface area contributed by atoms with Gasteiger partial charge in [0.2, 0.25) is 0 Å². The van der Waals surface area contributed by atoms with Crippen molar-refractivity contribution in [3.05, 3.63) is 66.5 Å². The first-order chi connectivity index (χ1) is 13.3. The SMILES string of the molecule is CNS(=O)c1cccc(Nc2cc(Nc3cccc(C(F)(F)F)c3)ncn2)c1. The van der Waals surface area contributed by atoms with Gasteiger partial charge in [-0.25, -0.2) is 18.9 Å². The Hall–Kier alpha value is -2.98. The summed E-state index contributed by atoms with van der Waals surface area (Å²) in [5.74, 6) is 0.753. The molecule has 146 valence electrons. The molecule has 1 unspecified atom stereocenters. The second kappa shape index (κ2) is 8.36. The molecule has 6 nitrogen and oxygen atoms in total. The second-order valence-corrected chi connectivity index (χ2v) is 7.03. The van der Waals surface area contributed by atoms with Gasteiger partial charge in [0, 0.05) is 17.4 Å². The molecule has 10 heteroatoms. The van der Waals surface area contributed by atoms with Gasteiger partial charge in [0.15, 0.2) is 0 Å². The van der Waals surface area contributed by atoms with E-state index >= 15 is 0 Å². The minimum atomic E-state index is -4.42. The molecule has 3 rings (SSSR count). The van der Waals surface area contributed by atoms with E-state index in [2.05, 4.69) is 25.3 Å². The maximum absolute atomic E-state index is 12.8. The normalized spacial score (nSPS) is 12.4. The van der Waals surface area contributed by atoms with Crippen LogP contribution < -0.4 is 15.4 Å². The number of nitrogens with one attached hydrogen (secondary N) is 3. The first-order valence-corrected chi connectivity index (χ1v) is 9.23. The highest BCUT2D eigenvalue weighted by atomic mass is 32.2. The summed E-state index contributed by atoms with van der Waals surface area (Å²) in [6.45, 7) is 0. The lowest BCUT2D eigenvalue weighted by Gasteiger charge is -2.11. The molecule has 0 aliphatic heterocycles. The van der Waals surface area contributed by atoms with E-state index in [0.29, 0.717) is 22.2 Å². The molecule has 0 radical (unpaired) electrons. The Kier molecular flexibility index (Phi) is 5.90. The first kappa shape index (κ1) is 19.8. The maximum atomic E-state index is 12.8. The minimum absolute atomic E-state index is 0.255. The van der Waals surface area contributed by atoms with Gasteiger partial charge in [-0.2, -0.15) is 13.2 Å². The molecule has 0 bridgehead atoms. The fourth-order valence-electron chi connectivity index (χ4n) is 2.37. The summed E-state index contributed by atoms with van der Waals surface area (Å²) in [5.41, 5.74) is 0.162. The van der Waals surface area contributed by atoms with Crippen LogP contribution in [0.2, 0.25) is 0 Å². The van der Waals surface area contributed by atoms with Gasteiger partial charge in [0.05, 0.1) is 10.5 Å². The zero-order valence-electron chi connectivity index (χ0n) is 14.6. The van der Waals surface area contributed by atoms with Crippen molar-refractivity contribution < 1.29 is 17.4 Å². The van der Waals surface area contributed by atoms with Gasteiger partial charge in [-0.05, 0) is 43.4 Å². The monoisotopic (exact) mass is 407 g/mol. The Labute approximate surface area is 161 Å². The largest absolute Gasteiger partial charge is 0.416 e. The van der Waals surface area contributed by atoms with Gasteiger partial charge < -0.3 is 10.6 Å². The smallest absolute Gasteiger partial charge is 0.340 e. The summed E-state index contributed by atoms with van der Waals surface area (Å²) < 4.78 is 53.0. The lowest BCUT2D eigenvalue weighted by Crippen LogP contribution is -2.10. The van der Waals surface area contributed by atoms with Crippen molar-refractivity contribution in [2.45, 2.75) is 11.1 Å². The zero-order valence-corrected chi connectivity index (χ0v) is 15.4. The molecule has 2 aromatic carbocycles.